The van der Waals surface area contributed by atoms with Gasteiger partial charge in [-0.3, -0.25) is 0 Å². The van der Waals surface area contributed by atoms with Gasteiger partial charge in [0.25, 0.3) is 0 Å². The minimum Gasteiger partial charge on any atom is -0.481 e. The standard InChI is InChI=1S/C20H21N5O2/c1-26-16-7-10-21-19(22-16)25-11-8-20(9-12-25)13-15(20)18-24-23-17(27-18)14-5-3-2-4-6-14/h2-7,10,15H,8-9,11-13H2,1H3/t15-/m0/s1. The molecule has 0 bridgehead atoms. The van der Waals surface area contributed by atoms with Gasteiger partial charge >= 0.3 is 0 Å². The monoisotopic (exact) mass is 363 g/mol. The van der Waals surface area contributed by atoms with Crippen molar-refractivity contribution >= 4 is 5.95 Å². The smallest absolute Gasteiger partial charge is 0.247 e. The highest BCUT2D eigenvalue weighted by Gasteiger charge is 2.58. The number of methoxy groups -OCH3 is 1. The molecule has 0 radical (unpaired) electrons. The number of piperidine rings is 1. The van der Waals surface area contributed by atoms with E-state index in [-0.39, 0.29) is 5.41 Å². The molecule has 2 aromatic heterocycles. The first-order valence-electron chi connectivity index (χ1n) is 9.28. The van der Waals surface area contributed by atoms with E-state index in [1.165, 1.54) is 0 Å². The number of rotatable bonds is 4. The van der Waals surface area contributed by atoms with Crippen molar-refractivity contribution in [3.05, 3.63) is 48.5 Å². The number of ether oxygens (including phenoxy) is 1. The van der Waals surface area contributed by atoms with Gasteiger partial charge in [0.05, 0.1) is 7.11 Å². The number of nitrogens with zero attached hydrogens (tertiary/aromatic N) is 5. The predicted molar refractivity (Wildman–Crippen MR) is 99.6 cm³/mol. The topological polar surface area (TPSA) is 77.2 Å². The summed E-state index contributed by atoms with van der Waals surface area (Å²) < 4.78 is 11.2. The van der Waals surface area contributed by atoms with Crippen LogP contribution in [0.1, 0.15) is 31.1 Å². The summed E-state index contributed by atoms with van der Waals surface area (Å²) in [6.07, 6.45) is 5.04. The molecule has 3 aromatic rings. The van der Waals surface area contributed by atoms with Crippen molar-refractivity contribution in [2.75, 3.05) is 25.1 Å². The van der Waals surface area contributed by atoms with E-state index in [2.05, 4.69) is 25.1 Å². The molecule has 2 fully saturated rings. The first-order valence-corrected chi connectivity index (χ1v) is 9.28. The molecule has 1 aromatic carbocycles. The molecule has 7 nitrogen and oxygen atoms in total. The number of aromatic nitrogens is 4. The van der Waals surface area contributed by atoms with Crippen LogP contribution >= 0.6 is 0 Å². The summed E-state index contributed by atoms with van der Waals surface area (Å²) in [7, 11) is 1.63. The highest BCUT2D eigenvalue weighted by Crippen LogP contribution is 2.64. The molecule has 27 heavy (non-hydrogen) atoms. The molecule has 3 heterocycles. The third-order valence-electron chi connectivity index (χ3n) is 5.82. The van der Waals surface area contributed by atoms with Gasteiger partial charge in [0, 0.05) is 36.8 Å². The van der Waals surface area contributed by atoms with Crippen LogP contribution in [-0.2, 0) is 0 Å². The lowest BCUT2D eigenvalue weighted by Crippen LogP contribution is -2.36. The van der Waals surface area contributed by atoms with Crippen molar-refractivity contribution < 1.29 is 9.15 Å². The fraction of sp³-hybridized carbons (Fsp3) is 0.400. The van der Waals surface area contributed by atoms with Crippen molar-refractivity contribution in [1.82, 2.24) is 20.2 Å². The average Bonchev–Trinajstić information content (AvgIpc) is 3.20. The van der Waals surface area contributed by atoms with Crippen LogP contribution in [0.2, 0.25) is 0 Å². The molecule has 1 atom stereocenters. The molecule has 0 amide bonds. The van der Waals surface area contributed by atoms with E-state index in [9.17, 15) is 0 Å². The molecule has 0 N–H and O–H groups in total. The maximum Gasteiger partial charge on any atom is 0.247 e. The Hall–Kier alpha value is -2.96. The summed E-state index contributed by atoms with van der Waals surface area (Å²) in [5.41, 5.74) is 1.26. The van der Waals surface area contributed by atoms with Crippen LogP contribution < -0.4 is 9.64 Å². The van der Waals surface area contributed by atoms with Crippen molar-refractivity contribution in [3.63, 3.8) is 0 Å². The van der Waals surface area contributed by atoms with Crippen molar-refractivity contribution in [3.8, 4) is 17.3 Å². The summed E-state index contributed by atoms with van der Waals surface area (Å²) >= 11 is 0. The Kier molecular flexibility index (Phi) is 3.81. The van der Waals surface area contributed by atoms with Gasteiger partial charge in [-0.1, -0.05) is 18.2 Å². The SMILES string of the molecule is COc1ccnc(N2CCC3(CC2)C[C@H]3c2nnc(-c3ccccc3)o2)n1. The van der Waals surface area contributed by atoms with E-state index in [0.29, 0.717) is 17.7 Å². The van der Waals surface area contributed by atoms with Gasteiger partial charge in [-0.15, -0.1) is 10.2 Å². The zero-order chi connectivity index (χ0) is 18.3. The summed E-state index contributed by atoms with van der Waals surface area (Å²) in [5.74, 6) is 3.10. The van der Waals surface area contributed by atoms with Crippen LogP contribution in [0.5, 0.6) is 5.88 Å². The molecule has 1 saturated carbocycles. The summed E-state index contributed by atoms with van der Waals surface area (Å²) in [4.78, 5) is 11.1. The maximum atomic E-state index is 5.99. The molecular formula is C20H21N5O2. The van der Waals surface area contributed by atoms with E-state index >= 15 is 0 Å². The molecule has 138 valence electrons. The largest absolute Gasteiger partial charge is 0.481 e. The molecule has 1 saturated heterocycles. The molecule has 1 aliphatic carbocycles. The second-order valence-corrected chi connectivity index (χ2v) is 7.32. The summed E-state index contributed by atoms with van der Waals surface area (Å²) in [6, 6.07) is 11.7. The minimum absolute atomic E-state index is 0.288. The van der Waals surface area contributed by atoms with E-state index in [1.807, 2.05) is 30.3 Å². The normalized spacial score (nSPS) is 20.6. The lowest BCUT2D eigenvalue weighted by molar-refractivity contribution is 0.349. The first-order chi connectivity index (χ1) is 13.3. The number of hydrogen-bond donors (Lipinski definition) is 0. The van der Waals surface area contributed by atoms with Crippen molar-refractivity contribution in [2.45, 2.75) is 25.2 Å². The number of benzene rings is 1. The van der Waals surface area contributed by atoms with Gasteiger partial charge < -0.3 is 14.1 Å². The maximum absolute atomic E-state index is 5.99. The molecule has 5 rings (SSSR count). The number of hydrogen-bond acceptors (Lipinski definition) is 7. The first kappa shape index (κ1) is 16.2. The lowest BCUT2D eigenvalue weighted by Gasteiger charge is -2.32. The zero-order valence-electron chi connectivity index (χ0n) is 15.2. The van der Waals surface area contributed by atoms with Crippen LogP contribution in [0.3, 0.4) is 0 Å². The second-order valence-electron chi connectivity index (χ2n) is 7.32. The lowest BCUT2D eigenvalue weighted by atomic mass is 9.91. The Labute approximate surface area is 157 Å². The third kappa shape index (κ3) is 2.93. The predicted octanol–water partition coefficient (Wildman–Crippen LogP) is 3.31. The van der Waals surface area contributed by atoms with E-state index in [4.69, 9.17) is 9.15 Å². The van der Waals surface area contributed by atoms with Crippen LogP contribution in [0.25, 0.3) is 11.5 Å². The fourth-order valence-electron chi connectivity index (χ4n) is 4.07. The third-order valence-corrected chi connectivity index (χ3v) is 5.82. The zero-order valence-corrected chi connectivity index (χ0v) is 15.2. The Morgan fingerprint density at radius 2 is 1.93 bits per heavy atom. The number of anilines is 1. The summed E-state index contributed by atoms with van der Waals surface area (Å²) in [5, 5.41) is 8.58. The molecule has 2 aliphatic rings. The van der Waals surface area contributed by atoms with Crippen LogP contribution in [-0.4, -0.2) is 40.4 Å². The molecule has 0 unspecified atom stereocenters. The van der Waals surface area contributed by atoms with Gasteiger partial charge in [-0.2, -0.15) is 4.98 Å². The fourth-order valence-corrected chi connectivity index (χ4v) is 4.07. The van der Waals surface area contributed by atoms with Crippen LogP contribution in [0.15, 0.2) is 47.0 Å². The summed E-state index contributed by atoms with van der Waals surface area (Å²) in [6.45, 7) is 1.87. The molecular weight excluding hydrogens is 342 g/mol. The molecule has 7 heteroatoms. The van der Waals surface area contributed by atoms with Gasteiger partial charge in [-0.25, -0.2) is 4.98 Å². The van der Waals surface area contributed by atoms with Crippen LogP contribution in [0.4, 0.5) is 5.95 Å². The van der Waals surface area contributed by atoms with Crippen LogP contribution in [0, 0.1) is 5.41 Å². The Balaban J connectivity index is 1.26. The Bertz CT molecular complexity index is 934. The van der Waals surface area contributed by atoms with Gasteiger partial charge in [-0.05, 0) is 36.8 Å². The van der Waals surface area contributed by atoms with Crippen molar-refractivity contribution in [1.29, 1.82) is 0 Å². The second kappa shape index (κ2) is 6.33. The highest BCUT2D eigenvalue weighted by atomic mass is 16.5. The quantitative estimate of drug-likeness (QED) is 0.704. The van der Waals surface area contributed by atoms with E-state index < -0.39 is 0 Å². The molecule has 1 aliphatic heterocycles. The Morgan fingerprint density at radius 3 is 2.70 bits per heavy atom. The van der Waals surface area contributed by atoms with Gasteiger partial charge in [0.2, 0.25) is 23.6 Å². The minimum atomic E-state index is 0.288. The van der Waals surface area contributed by atoms with E-state index in [0.717, 1.165) is 49.8 Å². The van der Waals surface area contributed by atoms with Gasteiger partial charge in [0.15, 0.2) is 0 Å². The van der Waals surface area contributed by atoms with Gasteiger partial charge in [0.1, 0.15) is 0 Å². The Morgan fingerprint density at radius 1 is 1.11 bits per heavy atom. The molecule has 1 spiro atoms. The highest BCUT2D eigenvalue weighted by molar-refractivity contribution is 5.52. The average molecular weight is 363 g/mol. The van der Waals surface area contributed by atoms with Crippen molar-refractivity contribution in [2.24, 2.45) is 5.41 Å². The van der Waals surface area contributed by atoms with E-state index in [1.54, 1.807) is 19.4 Å².